The van der Waals surface area contributed by atoms with Gasteiger partial charge >= 0.3 is 0 Å². The summed E-state index contributed by atoms with van der Waals surface area (Å²) in [7, 11) is 1.60. The molecular formula is C19H28Cl2N4O2S. The second-order valence-electron chi connectivity index (χ2n) is 6.46. The fourth-order valence-corrected chi connectivity index (χ4v) is 3.88. The first kappa shape index (κ1) is 24.8. The van der Waals surface area contributed by atoms with E-state index in [4.69, 9.17) is 15.5 Å². The maximum absolute atomic E-state index is 12.3. The molecule has 156 valence electrons. The number of piperazine rings is 1. The van der Waals surface area contributed by atoms with E-state index < -0.39 is 0 Å². The van der Waals surface area contributed by atoms with Crippen molar-refractivity contribution in [1.29, 1.82) is 0 Å². The Balaban J connectivity index is 0.00000196. The number of hydrogen-bond donors (Lipinski definition) is 1. The Morgan fingerprint density at radius 2 is 1.89 bits per heavy atom. The van der Waals surface area contributed by atoms with E-state index in [1.165, 1.54) is 0 Å². The number of methoxy groups -OCH3 is 1. The van der Waals surface area contributed by atoms with Crippen LogP contribution in [0.15, 0.2) is 35.7 Å². The maximum Gasteiger partial charge on any atom is 0.225 e. The van der Waals surface area contributed by atoms with Crippen molar-refractivity contribution >= 4 is 42.1 Å². The summed E-state index contributed by atoms with van der Waals surface area (Å²) >= 11 is 1.68. The highest BCUT2D eigenvalue weighted by Gasteiger charge is 2.23. The van der Waals surface area contributed by atoms with E-state index >= 15 is 0 Å². The molecule has 2 aromatic rings. The molecule has 9 heteroatoms. The molecule has 1 aromatic carbocycles. The summed E-state index contributed by atoms with van der Waals surface area (Å²) in [5, 5.41) is 3.19. The molecule has 28 heavy (non-hydrogen) atoms. The van der Waals surface area contributed by atoms with Crippen molar-refractivity contribution in [2.45, 2.75) is 19.1 Å². The molecule has 1 fully saturated rings. The lowest BCUT2D eigenvalue weighted by atomic mass is 10.2. The Morgan fingerprint density at radius 3 is 2.50 bits per heavy atom. The van der Waals surface area contributed by atoms with Crippen molar-refractivity contribution in [2.75, 3.05) is 39.8 Å². The van der Waals surface area contributed by atoms with Crippen LogP contribution in [0.4, 0.5) is 0 Å². The average molecular weight is 447 g/mol. The molecule has 0 spiro atoms. The van der Waals surface area contributed by atoms with Gasteiger partial charge < -0.3 is 15.4 Å². The van der Waals surface area contributed by atoms with Crippen molar-refractivity contribution in [3.63, 3.8) is 0 Å². The standard InChI is InChI=1S/C19H26N4O2S.2ClH/c1-25-17(12-20)11-18(24)23-9-7-22(8-10-23)13-16-14-26-19(21-16)15-5-3-2-4-6-15;;/h2-6,14,17H,7-13,20H2,1H3;2*1H. The normalized spacial score (nSPS) is 15.4. The van der Waals surface area contributed by atoms with Crippen molar-refractivity contribution in [3.8, 4) is 10.6 Å². The lowest BCUT2D eigenvalue weighted by molar-refractivity contribution is -0.135. The minimum Gasteiger partial charge on any atom is -0.380 e. The van der Waals surface area contributed by atoms with Gasteiger partial charge in [0.2, 0.25) is 5.91 Å². The molecule has 1 aliphatic heterocycles. The summed E-state index contributed by atoms with van der Waals surface area (Å²) in [6.45, 7) is 4.42. The lowest BCUT2D eigenvalue weighted by Crippen LogP contribution is -2.49. The maximum atomic E-state index is 12.3. The number of benzene rings is 1. The van der Waals surface area contributed by atoms with E-state index in [9.17, 15) is 4.79 Å². The summed E-state index contributed by atoms with van der Waals surface area (Å²) in [4.78, 5) is 21.3. The molecule has 1 aliphatic rings. The van der Waals surface area contributed by atoms with Crippen LogP contribution in [0, 0.1) is 0 Å². The minimum atomic E-state index is -0.188. The number of thiazole rings is 1. The molecule has 1 saturated heterocycles. The van der Waals surface area contributed by atoms with Gasteiger partial charge in [0.25, 0.3) is 0 Å². The molecule has 1 atom stereocenters. The second-order valence-corrected chi connectivity index (χ2v) is 7.32. The number of carbonyl (C=O) groups excluding carboxylic acids is 1. The van der Waals surface area contributed by atoms with Gasteiger partial charge in [0.15, 0.2) is 0 Å². The van der Waals surface area contributed by atoms with Crippen LogP contribution in [0.3, 0.4) is 0 Å². The number of ether oxygens (including phenoxy) is 1. The highest BCUT2D eigenvalue weighted by atomic mass is 35.5. The van der Waals surface area contributed by atoms with Crippen molar-refractivity contribution in [3.05, 3.63) is 41.4 Å². The third-order valence-corrected chi connectivity index (χ3v) is 5.62. The number of aromatic nitrogens is 1. The first-order chi connectivity index (χ1) is 12.7. The summed E-state index contributed by atoms with van der Waals surface area (Å²) < 4.78 is 5.21. The van der Waals surface area contributed by atoms with Gasteiger partial charge in [-0.3, -0.25) is 9.69 Å². The van der Waals surface area contributed by atoms with Crippen molar-refractivity contribution in [2.24, 2.45) is 5.73 Å². The summed E-state index contributed by atoms with van der Waals surface area (Å²) in [5.74, 6) is 0.127. The highest BCUT2D eigenvalue weighted by Crippen LogP contribution is 2.24. The van der Waals surface area contributed by atoms with Gasteiger partial charge in [-0.05, 0) is 0 Å². The largest absolute Gasteiger partial charge is 0.380 e. The molecular weight excluding hydrogens is 419 g/mol. The molecule has 6 nitrogen and oxygen atoms in total. The summed E-state index contributed by atoms with van der Waals surface area (Å²) in [6.07, 6.45) is 0.173. The van der Waals surface area contributed by atoms with E-state index in [-0.39, 0.29) is 36.8 Å². The van der Waals surface area contributed by atoms with Crippen LogP contribution in [0.5, 0.6) is 0 Å². The average Bonchev–Trinajstić information content (AvgIpc) is 3.15. The van der Waals surface area contributed by atoms with E-state index in [1.54, 1.807) is 18.4 Å². The van der Waals surface area contributed by atoms with Gasteiger partial charge in [0.1, 0.15) is 5.01 Å². The van der Waals surface area contributed by atoms with Crippen LogP contribution >= 0.6 is 36.2 Å². The molecule has 2 heterocycles. The number of halogens is 2. The quantitative estimate of drug-likeness (QED) is 0.707. The van der Waals surface area contributed by atoms with Crippen LogP contribution in [-0.2, 0) is 16.1 Å². The topological polar surface area (TPSA) is 71.7 Å². The van der Waals surface area contributed by atoms with Gasteiger partial charge in [-0.25, -0.2) is 4.98 Å². The van der Waals surface area contributed by atoms with Gasteiger partial charge in [-0.2, -0.15) is 0 Å². The molecule has 0 bridgehead atoms. The minimum absolute atomic E-state index is 0. The van der Waals surface area contributed by atoms with E-state index in [1.807, 2.05) is 23.1 Å². The van der Waals surface area contributed by atoms with Crippen molar-refractivity contribution in [1.82, 2.24) is 14.8 Å². The van der Waals surface area contributed by atoms with Crippen LogP contribution < -0.4 is 5.73 Å². The number of amides is 1. The summed E-state index contributed by atoms with van der Waals surface area (Å²) in [6, 6.07) is 10.3. The predicted molar refractivity (Wildman–Crippen MR) is 118 cm³/mol. The van der Waals surface area contributed by atoms with Crippen molar-refractivity contribution < 1.29 is 9.53 Å². The number of hydrogen-bond acceptors (Lipinski definition) is 6. The Bertz CT molecular complexity index is 705. The molecule has 1 aromatic heterocycles. The summed E-state index contributed by atoms with van der Waals surface area (Å²) in [5.41, 5.74) is 7.86. The first-order valence-electron chi connectivity index (χ1n) is 8.92. The fraction of sp³-hybridized carbons (Fsp3) is 0.474. The zero-order chi connectivity index (χ0) is 18.4. The first-order valence-corrected chi connectivity index (χ1v) is 9.80. The molecule has 2 N–H and O–H groups in total. The number of rotatable bonds is 7. The number of nitrogens with two attached hydrogens (primary N) is 1. The van der Waals surface area contributed by atoms with E-state index in [0.29, 0.717) is 13.0 Å². The molecule has 0 saturated carbocycles. The van der Waals surface area contributed by atoms with Crippen LogP contribution in [-0.4, -0.2) is 66.6 Å². The molecule has 0 aliphatic carbocycles. The Hall–Kier alpha value is -1.22. The second kappa shape index (κ2) is 12.4. The van der Waals surface area contributed by atoms with Crippen LogP contribution in [0.1, 0.15) is 12.1 Å². The van der Waals surface area contributed by atoms with Crippen LogP contribution in [0.2, 0.25) is 0 Å². The number of nitrogens with zero attached hydrogens (tertiary/aromatic N) is 3. The predicted octanol–water partition coefficient (Wildman–Crippen LogP) is 2.66. The molecule has 1 amide bonds. The van der Waals surface area contributed by atoms with E-state index in [0.717, 1.165) is 49.0 Å². The Morgan fingerprint density at radius 1 is 1.21 bits per heavy atom. The monoisotopic (exact) mass is 446 g/mol. The lowest BCUT2D eigenvalue weighted by Gasteiger charge is -2.35. The fourth-order valence-electron chi connectivity index (χ4n) is 3.06. The molecule has 3 rings (SSSR count). The smallest absolute Gasteiger partial charge is 0.225 e. The number of carbonyl (C=O) groups is 1. The Labute approximate surface area is 182 Å². The third kappa shape index (κ3) is 6.69. The van der Waals surface area contributed by atoms with E-state index in [2.05, 4.69) is 22.4 Å². The van der Waals surface area contributed by atoms with Crippen LogP contribution in [0.25, 0.3) is 10.6 Å². The van der Waals surface area contributed by atoms with Gasteiger partial charge in [0.05, 0.1) is 18.2 Å². The van der Waals surface area contributed by atoms with Gasteiger partial charge in [-0.1, -0.05) is 30.3 Å². The third-order valence-electron chi connectivity index (χ3n) is 4.68. The molecule has 0 radical (unpaired) electrons. The van der Waals surface area contributed by atoms with Gasteiger partial charge in [0, 0.05) is 57.3 Å². The highest BCUT2D eigenvalue weighted by molar-refractivity contribution is 7.13. The van der Waals surface area contributed by atoms with Gasteiger partial charge in [-0.15, -0.1) is 36.2 Å². The zero-order valence-corrected chi connectivity index (χ0v) is 18.4. The Kier molecular flexibility index (Phi) is 11.0. The SMILES string of the molecule is COC(CN)CC(=O)N1CCN(Cc2csc(-c3ccccc3)n2)CC1.Cl.Cl. The zero-order valence-electron chi connectivity index (χ0n) is 16.0. The molecule has 1 unspecified atom stereocenters.